The first-order valence-electron chi connectivity index (χ1n) is 7.76. The van der Waals surface area contributed by atoms with Gasteiger partial charge in [0.2, 0.25) is 5.91 Å². The molecule has 0 radical (unpaired) electrons. The number of benzene rings is 1. The number of rotatable bonds is 4. The van der Waals surface area contributed by atoms with Gasteiger partial charge in [0.1, 0.15) is 5.75 Å². The highest BCUT2D eigenvalue weighted by Crippen LogP contribution is 2.20. The van der Waals surface area contributed by atoms with Gasteiger partial charge in [-0.2, -0.15) is 0 Å². The Bertz CT molecular complexity index is 543. The second-order valence-electron chi connectivity index (χ2n) is 6.51. The number of hydrogen-bond donors (Lipinski definition) is 1. The third kappa shape index (κ3) is 5.25. The molecule has 1 aromatic rings. The summed E-state index contributed by atoms with van der Waals surface area (Å²) in [5.74, 6) is 0.507. The smallest absolute Gasteiger partial charge is 0.260 e. The van der Waals surface area contributed by atoms with Gasteiger partial charge in [0, 0.05) is 24.2 Å². The van der Waals surface area contributed by atoms with Crippen molar-refractivity contribution in [3.05, 3.63) is 24.3 Å². The fraction of sp³-hybridized carbons (Fsp3) is 0.529. The summed E-state index contributed by atoms with van der Waals surface area (Å²) in [5.41, 5.74) is 0.261. The molecule has 0 aliphatic carbocycles. The fourth-order valence-electron chi connectivity index (χ4n) is 2.00. The zero-order chi connectivity index (χ0) is 16.9. The highest BCUT2D eigenvalue weighted by molar-refractivity contribution is 5.94. The summed E-state index contributed by atoms with van der Waals surface area (Å²) in [7, 11) is 0. The van der Waals surface area contributed by atoms with Crippen LogP contribution < -0.4 is 10.1 Å². The Balaban J connectivity index is 1.83. The predicted octanol–water partition coefficient (Wildman–Crippen LogP) is 1.91. The lowest BCUT2D eigenvalue weighted by Gasteiger charge is -2.26. The Morgan fingerprint density at radius 2 is 1.78 bits per heavy atom. The van der Waals surface area contributed by atoms with Crippen LogP contribution in [0.2, 0.25) is 0 Å². The van der Waals surface area contributed by atoms with Crippen molar-refractivity contribution in [2.45, 2.75) is 20.8 Å². The molecule has 6 nitrogen and oxygen atoms in total. The maximum atomic E-state index is 12.0. The summed E-state index contributed by atoms with van der Waals surface area (Å²) in [6, 6.07) is 7.01. The number of morpholine rings is 1. The molecule has 1 aromatic carbocycles. The molecule has 1 heterocycles. The Morgan fingerprint density at radius 1 is 1.17 bits per heavy atom. The van der Waals surface area contributed by atoms with Gasteiger partial charge in [-0.15, -0.1) is 0 Å². The minimum absolute atomic E-state index is 0.00764. The molecule has 0 atom stereocenters. The summed E-state index contributed by atoms with van der Waals surface area (Å²) >= 11 is 0. The van der Waals surface area contributed by atoms with E-state index in [0.29, 0.717) is 37.7 Å². The van der Waals surface area contributed by atoms with Crippen LogP contribution in [-0.2, 0) is 14.3 Å². The molecule has 2 rings (SSSR count). The molecular formula is C17H24N2O4. The van der Waals surface area contributed by atoms with Crippen molar-refractivity contribution >= 4 is 17.5 Å². The normalized spacial score (nSPS) is 15.2. The van der Waals surface area contributed by atoms with Crippen molar-refractivity contribution < 1.29 is 19.1 Å². The van der Waals surface area contributed by atoms with Crippen LogP contribution in [0.3, 0.4) is 0 Å². The molecular weight excluding hydrogens is 296 g/mol. The van der Waals surface area contributed by atoms with E-state index in [9.17, 15) is 9.59 Å². The molecule has 6 heteroatoms. The number of nitrogens with one attached hydrogen (secondary N) is 1. The van der Waals surface area contributed by atoms with Gasteiger partial charge in [0.25, 0.3) is 5.91 Å². The van der Waals surface area contributed by atoms with Crippen molar-refractivity contribution in [1.29, 1.82) is 0 Å². The molecule has 0 unspecified atom stereocenters. The first kappa shape index (κ1) is 17.3. The first-order valence-corrected chi connectivity index (χ1v) is 7.76. The van der Waals surface area contributed by atoms with E-state index in [2.05, 4.69) is 5.32 Å². The number of ether oxygens (including phenoxy) is 2. The number of hydrogen-bond acceptors (Lipinski definition) is 4. The zero-order valence-corrected chi connectivity index (χ0v) is 13.9. The number of anilines is 1. The molecule has 1 aliphatic rings. The minimum atomic E-state index is -0.445. The van der Waals surface area contributed by atoms with Crippen LogP contribution in [0.15, 0.2) is 24.3 Å². The molecule has 23 heavy (non-hydrogen) atoms. The molecule has 1 fully saturated rings. The van der Waals surface area contributed by atoms with Gasteiger partial charge in [-0.1, -0.05) is 20.8 Å². The van der Waals surface area contributed by atoms with Crippen LogP contribution in [0, 0.1) is 5.41 Å². The van der Waals surface area contributed by atoms with Crippen molar-refractivity contribution in [2.75, 3.05) is 38.2 Å². The van der Waals surface area contributed by atoms with Gasteiger partial charge < -0.3 is 19.7 Å². The summed E-state index contributed by atoms with van der Waals surface area (Å²) in [4.78, 5) is 25.6. The van der Waals surface area contributed by atoms with Gasteiger partial charge in [-0.25, -0.2) is 0 Å². The van der Waals surface area contributed by atoms with Crippen molar-refractivity contribution in [3.8, 4) is 5.75 Å². The highest BCUT2D eigenvalue weighted by atomic mass is 16.5. The SMILES string of the molecule is CC(C)(C)C(=O)Nc1ccc(OCC(=O)N2CCOCC2)cc1. The van der Waals surface area contributed by atoms with Crippen LogP contribution in [0.5, 0.6) is 5.75 Å². The molecule has 0 saturated carbocycles. The third-order valence-electron chi connectivity index (χ3n) is 3.52. The van der Waals surface area contributed by atoms with E-state index < -0.39 is 5.41 Å². The van der Waals surface area contributed by atoms with Gasteiger partial charge in [-0.3, -0.25) is 9.59 Å². The predicted molar refractivity (Wildman–Crippen MR) is 87.4 cm³/mol. The molecule has 0 spiro atoms. The Hall–Kier alpha value is -2.08. The summed E-state index contributed by atoms with van der Waals surface area (Å²) in [6.45, 7) is 7.96. The summed E-state index contributed by atoms with van der Waals surface area (Å²) in [5, 5.41) is 2.84. The lowest BCUT2D eigenvalue weighted by atomic mass is 9.95. The monoisotopic (exact) mass is 320 g/mol. The standard InChI is InChI=1S/C17H24N2O4/c1-17(2,3)16(21)18-13-4-6-14(7-5-13)23-12-15(20)19-8-10-22-11-9-19/h4-7H,8-12H2,1-3H3,(H,18,21). The van der Waals surface area contributed by atoms with E-state index in [1.807, 2.05) is 20.8 Å². The van der Waals surface area contributed by atoms with Gasteiger partial charge in [-0.05, 0) is 24.3 Å². The average molecular weight is 320 g/mol. The van der Waals surface area contributed by atoms with Crippen LogP contribution in [0.1, 0.15) is 20.8 Å². The van der Waals surface area contributed by atoms with Crippen molar-refractivity contribution in [1.82, 2.24) is 4.90 Å². The number of amides is 2. The summed E-state index contributed by atoms with van der Waals surface area (Å²) < 4.78 is 10.7. The van der Waals surface area contributed by atoms with Gasteiger partial charge in [0.05, 0.1) is 13.2 Å². The molecule has 2 amide bonds. The van der Waals surface area contributed by atoms with Crippen molar-refractivity contribution in [2.24, 2.45) is 5.41 Å². The van der Waals surface area contributed by atoms with Crippen molar-refractivity contribution in [3.63, 3.8) is 0 Å². The van der Waals surface area contributed by atoms with E-state index in [1.54, 1.807) is 29.2 Å². The van der Waals surface area contributed by atoms with Gasteiger partial charge >= 0.3 is 0 Å². The maximum absolute atomic E-state index is 12.0. The second-order valence-corrected chi connectivity index (χ2v) is 6.51. The van der Waals surface area contributed by atoms with E-state index in [-0.39, 0.29) is 18.4 Å². The van der Waals surface area contributed by atoms with Crippen LogP contribution in [0.25, 0.3) is 0 Å². The molecule has 126 valence electrons. The molecule has 0 aromatic heterocycles. The lowest BCUT2D eigenvalue weighted by Crippen LogP contribution is -2.42. The van der Waals surface area contributed by atoms with Crippen LogP contribution in [0.4, 0.5) is 5.69 Å². The van der Waals surface area contributed by atoms with E-state index in [1.165, 1.54) is 0 Å². The maximum Gasteiger partial charge on any atom is 0.260 e. The Morgan fingerprint density at radius 3 is 2.35 bits per heavy atom. The molecule has 0 bridgehead atoms. The Labute approximate surface area is 136 Å². The van der Waals surface area contributed by atoms with E-state index >= 15 is 0 Å². The zero-order valence-electron chi connectivity index (χ0n) is 13.9. The van der Waals surface area contributed by atoms with Gasteiger partial charge in [0.15, 0.2) is 6.61 Å². The highest BCUT2D eigenvalue weighted by Gasteiger charge is 2.21. The first-order chi connectivity index (χ1) is 10.9. The fourth-order valence-corrected chi connectivity index (χ4v) is 2.00. The quantitative estimate of drug-likeness (QED) is 0.920. The lowest BCUT2D eigenvalue weighted by molar-refractivity contribution is -0.137. The average Bonchev–Trinajstić information content (AvgIpc) is 2.54. The minimum Gasteiger partial charge on any atom is -0.484 e. The largest absolute Gasteiger partial charge is 0.484 e. The summed E-state index contributed by atoms with van der Waals surface area (Å²) in [6.07, 6.45) is 0. The molecule has 1 aliphatic heterocycles. The Kier molecular flexibility index (Phi) is 5.60. The second kappa shape index (κ2) is 7.46. The number of carbonyl (C=O) groups is 2. The van der Waals surface area contributed by atoms with E-state index in [0.717, 1.165) is 0 Å². The van der Waals surface area contributed by atoms with Crippen LogP contribution in [-0.4, -0.2) is 49.6 Å². The molecule has 1 saturated heterocycles. The third-order valence-corrected chi connectivity index (χ3v) is 3.52. The van der Waals surface area contributed by atoms with E-state index in [4.69, 9.17) is 9.47 Å². The topological polar surface area (TPSA) is 67.9 Å². The van der Waals surface area contributed by atoms with Crippen LogP contribution >= 0.6 is 0 Å². The molecule has 1 N–H and O–H groups in total. The number of nitrogens with zero attached hydrogens (tertiary/aromatic N) is 1. The number of carbonyl (C=O) groups excluding carboxylic acids is 2.